The van der Waals surface area contributed by atoms with Crippen LogP contribution in [0.5, 0.6) is 11.5 Å². The van der Waals surface area contributed by atoms with Crippen LogP contribution in [0.25, 0.3) is 0 Å². The van der Waals surface area contributed by atoms with Gasteiger partial charge in [0.1, 0.15) is 0 Å². The Morgan fingerprint density at radius 2 is 1.95 bits per heavy atom. The van der Waals surface area contributed by atoms with Crippen molar-refractivity contribution in [1.82, 2.24) is 0 Å². The summed E-state index contributed by atoms with van der Waals surface area (Å²) in [6.07, 6.45) is 0.907. The van der Waals surface area contributed by atoms with Crippen molar-refractivity contribution in [1.29, 1.82) is 0 Å². The number of rotatable bonds is 5. The van der Waals surface area contributed by atoms with Gasteiger partial charge in [-0.25, -0.2) is 4.39 Å². The number of hydrogen-bond donors (Lipinski definition) is 1. The molecule has 0 saturated heterocycles. The summed E-state index contributed by atoms with van der Waals surface area (Å²) in [5.41, 5.74) is -0.630. The zero-order chi connectivity index (χ0) is 14.2. The number of carboxylic acids is 1. The lowest BCUT2D eigenvalue weighted by Crippen LogP contribution is -2.16. The Kier molecular flexibility index (Phi) is 3.34. The Balaban J connectivity index is 2.55. The fourth-order valence-electron chi connectivity index (χ4n) is 2.28. The summed E-state index contributed by atoms with van der Waals surface area (Å²) >= 11 is 0. The minimum Gasteiger partial charge on any atom is -0.494 e. The highest BCUT2D eigenvalue weighted by atomic mass is 19.1. The Hall–Kier alpha value is -1.85. The lowest BCUT2D eigenvalue weighted by molar-refractivity contribution is -0.137. The molecule has 1 aromatic rings. The molecule has 104 valence electrons. The standard InChI is InChI=1S/C13H14F2O4/c1-18-8-5-7(10(14)12(19-2)11(8)15)13(3-4-13)6-9(16)17/h5H,3-4,6H2,1-2H3,(H,16,17). The number of carboxylic acid groups (broad SMARTS) is 1. The van der Waals surface area contributed by atoms with E-state index in [0.29, 0.717) is 12.8 Å². The molecule has 0 amide bonds. The minimum absolute atomic E-state index is 0.144. The summed E-state index contributed by atoms with van der Waals surface area (Å²) in [4.78, 5) is 10.9. The topological polar surface area (TPSA) is 55.8 Å². The summed E-state index contributed by atoms with van der Waals surface area (Å²) in [7, 11) is 2.41. The fourth-order valence-corrected chi connectivity index (χ4v) is 2.28. The zero-order valence-electron chi connectivity index (χ0n) is 10.6. The Labute approximate surface area is 108 Å². The van der Waals surface area contributed by atoms with E-state index in [0.717, 1.165) is 7.11 Å². The van der Waals surface area contributed by atoms with E-state index < -0.39 is 28.8 Å². The summed E-state index contributed by atoms with van der Waals surface area (Å²) < 4.78 is 37.6. The van der Waals surface area contributed by atoms with Crippen molar-refractivity contribution in [2.75, 3.05) is 14.2 Å². The molecule has 4 nitrogen and oxygen atoms in total. The van der Waals surface area contributed by atoms with Crippen molar-refractivity contribution in [3.63, 3.8) is 0 Å². The molecule has 1 aliphatic carbocycles. The second-order valence-corrected chi connectivity index (χ2v) is 4.64. The van der Waals surface area contributed by atoms with Crippen LogP contribution in [0.4, 0.5) is 8.78 Å². The fraction of sp³-hybridized carbons (Fsp3) is 0.462. The van der Waals surface area contributed by atoms with Crippen LogP contribution in [0.1, 0.15) is 24.8 Å². The van der Waals surface area contributed by atoms with Gasteiger partial charge in [-0.2, -0.15) is 4.39 Å². The van der Waals surface area contributed by atoms with Gasteiger partial charge in [-0.3, -0.25) is 4.79 Å². The van der Waals surface area contributed by atoms with E-state index >= 15 is 0 Å². The average Bonchev–Trinajstić information content (AvgIpc) is 3.09. The van der Waals surface area contributed by atoms with Gasteiger partial charge in [0.25, 0.3) is 0 Å². The van der Waals surface area contributed by atoms with Crippen LogP contribution in [0.15, 0.2) is 6.07 Å². The maximum atomic E-state index is 14.2. The van der Waals surface area contributed by atoms with Gasteiger partial charge in [-0.15, -0.1) is 0 Å². The second kappa shape index (κ2) is 4.68. The van der Waals surface area contributed by atoms with Gasteiger partial charge in [-0.05, 0) is 18.9 Å². The molecule has 2 rings (SSSR count). The summed E-state index contributed by atoms with van der Waals surface area (Å²) in [6, 6.07) is 1.23. The molecular weight excluding hydrogens is 258 g/mol. The van der Waals surface area contributed by atoms with Crippen LogP contribution in [0, 0.1) is 11.6 Å². The molecule has 1 aliphatic rings. The van der Waals surface area contributed by atoms with Gasteiger partial charge in [0.05, 0.1) is 20.6 Å². The van der Waals surface area contributed by atoms with E-state index in [9.17, 15) is 13.6 Å². The SMILES string of the molecule is COc1cc(C2(CC(=O)O)CC2)c(F)c(OC)c1F. The molecule has 0 bridgehead atoms. The molecule has 1 saturated carbocycles. The first-order chi connectivity index (χ1) is 8.95. The highest BCUT2D eigenvalue weighted by Gasteiger charge is 2.49. The van der Waals surface area contributed by atoms with Gasteiger partial charge in [0, 0.05) is 11.0 Å². The summed E-state index contributed by atoms with van der Waals surface area (Å²) in [5.74, 6) is -3.47. The third kappa shape index (κ3) is 2.22. The third-order valence-corrected chi connectivity index (χ3v) is 3.47. The summed E-state index contributed by atoms with van der Waals surface area (Å²) in [6.45, 7) is 0. The molecule has 1 fully saturated rings. The highest BCUT2D eigenvalue weighted by molar-refractivity contribution is 5.70. The van der Waals surface area contributed by atoms with Crippen molar-refractivity contribution in [2.24, 2.45) is 0 Å². The first-order valence-corrected chi connectivity index (χ1v) is 5.77. The Morgan fingerprint density at radius 3 is 2.37 bits per heavy atom. The smallest absolute Gasteiger partial charge is 0.304 e. The molecule has 0 aromatic heterocycles. The van der Waals surface area contributed by atoms with Crippen molar-refractivity contribution in [2.45, 2.75) is 24.7 Å². The van der Waals surface area contributed by atoms with Gasteiger partial charge >= 0.3 is 5.97 Å². The highest BCUT2D eigenvalue weighted by Crippen LogP contribution is 2.54. The minimum atomic E-state index is -1.01. The molecule has 19 heavy (non-hydrogen) atoms. The maximum Gasteiger partial charge on any atom is 0.304 e. The molecule has 0 heterocycles. The number of benzene rings is 1. The lowest BCUT2D eigenvalue weighted by atomic mass is 9.91. The van der Waals surface area contributed by atoms with Crippen LogP contribution in [0.2, 0.25) is 0 Å². The van der Waals surface area contributed by atoms with Gasteiger partial charge in [-0.1, -0.05) is 0 Å². The van der Waals surface area contributed by atoms with Crippen molar-refractivity contribution in [3.8, 4) is 11.5 Å². The van der Waals surface area contributed by atoms with Crippen molar-refractivity contribution in [3.05, 3.63) is 23.3 Å². The van der Waals surface area contributed by atoms with Crippen molar-refractivity contribution >= 4 is 5.97 Å². The van der Waals surface area contributed by atoms with Crippen LogP contribution >= 0.6 is 0 Å². The maximum absolute atomic E-state index is 14.2. The molecule has 0 aliphatic heterocycles. The molecule has 0 spiro atoms. The molecule has 6 heteroatoms. The molecule has 0 radical (unpaired) electrons. The second-order valence-electron chi connectivity index (χ2n) is 4.64. The largest absolute Gasteiger partial charge is 0.494 e. The van der Waals surface area contributed by atoms with Gasteiger partial charge in [0.15, 0.2) is 17.3 Å². The van der Waals surface area contributed by atoms with Crippen molar-refractivity contribution < 1.29 is 28.2 Å². The first-order valence-electron chi connectivity index (χ1n) is 5.77. The Bertz CT molecular complexity index is 524. The van der Waals surface area contributed by atoms with E-state index in [1.807, 2.05) is 0 Å². The first kappa shape index (κ1) is 13.6. The van der Waals surface area contributed by atoms with Crippen LogP contribution in [-0.2, 0) is 10.2 Å². The van der Waals surface area contributed by atoms with Gasteiger partial charge < -0.3 is 14.6 Å². The third-order valence-electron chi connectivity index (χ3n) is 3.47. The molecule has 0 atom stereocenters. The predicted octanol–water partition coefficient (Wildman–Crippen LogP) is 2.49. The molecular formula is C13H14F2O4. The van der Waals surface area contributed by atoms with E-state index in [1.54, 1.807) is 0 Å². The number of hydrogen-bond acceptors (Lipinski definition) is 3. The Morgan fingerprint density at radius 1 is 1.32 bits per heavy atom. The quantitative estimate of drug-likeness (QED) is 0.894. The van der Waals surface area contributed by atoms with E-state index in [-0.39, 0.29) is 17.7 Å². The molecule has 0 unspecified atom stereocenters. The van der Waals surface area contributed by atoms with Gasteiger partial charge in [0.2, 0.25) is 5.82 Å². The monoisotopic (exact) mass is 272 g/mol. The molecule has 1 aromatic carbocycles. The normalized spacial score (nSPS) is 16.0. The van der Waals surface area contributed by atoms with E-state index in [2.05, 4.69) is 0 Å². The van der Waals surface area contributed by atoms with Crippen LogP contribution in [0.3, 0.4) is 0 Å². The number of aliphatic carboxylic acids is 1. The number of carbonyl (C=O) groups is 1. The van der Waals surface area contributed by atoms with Crippen LogP contribution in [-0.4, -0.2) is 25.3 Å². The van der Waals surface area contributed by atoms with E-state index in [1.165, 1.54) is 13.2 Å². The number of halogens is 2. The lowest BCUT2D eigenvalue weighted by Gasteiger charge is -2.18. The molecule has 1 N–H and O–H groups in total. The zero-order valence-corrected chi connectivity index (χ0v) is 10.6. The number of ether oxygens (including phenoxy) is 2. The van der Waals surface area contributed by atoms with E-state index in [4.69, 9.17) is 14.6 Å². The summed E-state index contributed by atoms with van der Waals surface area (Å²) in [5, 5.41) is 8.89. The number of methoxy groups -OCH3 is 2. The predicted molar refractivity (Wildman–Crippen MR) is 62.6 cm³/mol. The average molecular weight is 272 g/mol. The van der Waals surface area contributed by atoms with Crippen LogP contribution < -0.4 is 9.47 Å².